The fourth-order valence-electron chi connectivity index (χ4n) is 1.69. The number of rotatable bonds is 3. The Morgan fingerprint density at radius 2 is 2.24 bits per heavy atom. The largest absolute Gasteiger partial charge is 0.507 e. The van der Waals surface area contributed by atoms with Crippen molar-refractivity contribution < 1.29 is 14.6 Å². The molecule has 1 aromatic carbocycles. The zero-order valence-corrected chi connectivity index (χ0v) is 10.3. The van der Waals surface area contributed by atoms with Crippen molar-refractivity contribution in [1.29, 1.82) is 0 Å². The first-order valence-corrected chi connectivity index (χ1v) is 5.69. The third-order valence-corrected chi connectivity index (χ3v) is 2.88. The van der Waals surface area contributed by atoms with Crippen LogP contribution in [0.4, 0.5) is 0 Å². The van der Waals surface area contributed by atoms with Gasteiger partial charge in [0.05, 0.1) is 18.7 Å². The summed E-state index contributed by atoms with van der Waals surface area (Å²) in [7, 11) is 1.59. The van der Waals surface area contributed by atoms with Crippen LogP contribution in [-0.4, -0.2) is 30.8 Å². The molecule has 0 unspecified atom stereocenters. The molecule has 1 aliphatic heterocycles. The number of aromatic hydroxyl groups is 1. The van der Waals surface area contributed by atoms with Gasteiger partial charge in [-0.1, -0.05) is 13.8 Å². The van der Waals surface area contributed by atoms with Crippen molar-refractivity contribution in [3.05, 3.63) is 23.8 Å². The van der Waals surface area contributed by atoms with E-state index in [0.717, 1.165) is 0 Å². The molecule has 1 N–H and O–H groups in total. The molecule has 0 bridgehead atoms. The van der Waals surface area contributed by atoms with Gasteiger partial charge in [-0.05, 0) is 24.1 Å². The van der Waals surface area contributed by atoms with Crippen LogP contribution in [0, 0.1) is 5.92 Å². The second kappa shape index (κ2) is 4.65. The summed E-state index contributed by atoms with van der Waals surface area (Å²) >= 11 is 0. The van der Waals surface area contributed by atoms with Crippen LogP contribution in [0.15, 0.2) is 23.2 Å². The number of nitrogens with zero attached hydrogens (tertiary/aromatic N) is 1. The lowest BCUT2D eigenvalue weighted by Gasteiger charge is -2.07. The Morgan fingerprint density at radius 3 is 2.82 bits per heavy atom. The highest BCUT2D eigenvalue weighted by molar-refractivity contribution is 5.98. The van der Waals surface area contributed by atoms with E-state index >= 15 is 0 Å². The number of phenols is 1. The molecular formula is C13H17NO3. The lowest BCUT2D eigenvalue weighted by atomic mass is 10.1. The topological polar surface area (TPSA) is 51.0 Å². The first-order chi connectivity index (χ1) is 8.11. The minimum atomic E-state index is 0.161. The third kappa shape index (κ3) is 2.35. The van der Waals surface area contributed by atoms with Crippen molar-refractivity contribution in [1.82, 2.24) is 0 Å². The van der Waals surface area contributed by atoms with Gasteiger partial charge in [-0.25, -0.2) is 4.99 Å². The minimum Gasteiger partial charge on any atom is -0.507 e. The highest BCUT2D eigenvalue weighted by atomic mass is 16.5. The van der Waals surface area contributed by atoms with E-state index < -0.39 is 0 Å². The van der Waals surface area contributed by atoms with Crippen LogP contribution in [0.5, 0.6) is 11.5 Å². The first kappa shape index (κ1) is 11.8. The van der Waals surface area contributed by atoms with Crippen molar-refractivity contribution in [2.45, 2.75) is 19.9 Å². The molecule has 0 aromatic heterocycles. The van der Waals surface area contributed by atoms with E-state index in [2.05, 4.69) is 18.8 Å². The average Bonchev–Trinajstić information content (AvgIpc) is 2.79. The highest BCUT2D eigenvalue weighted by Gasteiger charge is 2.24. The van der Waals surface area contributed by atoms with Crippen LogP contribution in [0.3, 0.4) is 0 Å². The van der Waals surface area contributed by atoms with E-state index in [1.54, 1.807) is 25.3 Å². The van der Waals surface area contributed by atoms with Gasteiger partial charge < -0.3 is 14.6 Å². The molecule has 0 aliphatic carbocycles. The number of aliphatic imine (C=N–C) groups is 1. The fraction of sp³-hybridized carbons (Fsp3) is 0.462. The van der Waals surface area contributed by atoms with Gasteiger partial charge in [-0.15, -0.1) is 0 Å². The Hall–Kier alpha value is -1.71. The Balaban J connectivity index is 2.31. The summed E-state index contributed by atoms with van der Waals surface area (Å²) in [6.45, 7) is 4.78. The van der Waals surface area contributed by atoms with E-state index in [1.165, 1.54) is 0 Å². The molecule has 0 fully saturated rings. The second-order valence-electron chi connectivity index (χ2n) is 4.44. The summed E-state index contributed by atoms with van der Waals surface area (Å²) in [6.07, 6.45) is 0. The van der Waals surface area contributed by atoms with E-state index in [-0.39, 0.29) is 11.8 Å². The van der Waals surface area contributed by atoms with E-state index in [9.17, 15) is 5.11 Å². The Morgan fingerprint density at radius 1 is 1.47 bits per heavy atom. The van der Waals surface area contributed by atoms with Gasteiger partial charge >= 0.3 is 0 Å². The predicted molar refractivity (Wildman–Crippen MR) is 65.8 cm³/mol. The molecule has 92 valence electrons. The van der Waals surface area contributed by atoms with Crippen LogP contribution in [-0.2, 0) is 4.74 Å². The summed E-state index contributed by atoms with van der Waals surface area (Å²) in [5.74, 6) is 1.77. The first-order valence-electron chi connectivity index (χ1n) is 5.69. The monoisotopic (exact) mass is 235 g/mol. The maximum absolute atomic E-state index is 9.80. The Labute approximate surface area is 101 Å². The molecule has 4 nitrogen and oxygen atoms in total. The summed E-state index contributed by atoms with van der Waals surface area (Å²) in [5, 5.41) is 9.80. The number of hydrogen-bond acceptors (Lipinski definition) is 4. The molecule has 0 saturated carbocycles. The van der Waals surface area contributed by atoms with E-state index in [1.807, 2.05) is 0 Å². The molecule has 4 heteroatoms. The molecule has 1 heterocycles. The molecule has 1 atom stereocenters. The summed E-state index contributed by atoms with van der Waals surface area (Å²) < 4.78 is 10.6. The van der Waals surface area contributed by atoms with Crippen LogP contribution in [0.1, 0.15) is 19.4 Å². The maximum Gasteiger partial charge on any atom is 0.220 e. The average molecular weight is 235 g/mol. The predicted octanol–water partition coefficient (Wildman–Crippen LogP) is 2.20. The van der Waals surface area contributed by atoms with Crippen LogP contribution >= 0.6 is 0 Å². The highest BCUT2D eigenvalue weighted by Crippen LogP contribution is 2.27. The Bertz CT molecular complexity index is 440. The summed E-state index contributed by atoms with van der Waals surface area (Å²) in [5.41, 5.74) is 0.590. The smallest absolute Gasteiger partial charge is 0.220 e. The number of hydrogen-bond donors (Lipinski definition) is 1. The Kier molecular flexibility index (Phi) is 3.22. The van der Waals surface area contributed by atoms with Gasteiger partial charge in [0.25, 0.3) is 0 Å². The molecule has 0 saturated heterocycles. The molecular weight excluding hydrogens is 218 g/mol. The number of benzene rings is 1. The van der Waals surface area contributed by atoms with Gasteiger partial charge in [0.15, 0.2) is 0 Å². The number of methoxy groups -OCH3 is 1. The second-order valence-corrected chi connectivity index (χ2v) is 4.44. The van der Waals surface area contributed by atoms with Crippen LogP contribution < -0.4 is 4.74 Å². The SMILES string of the molecule is COc1ccc(O)c(C2=N[C@@H](C(C)C)CO2)c1. The van der Waals surface area contributed by atoms with Crippen LogP contribution in [0.25, 0.3) is 0 Å². The molecule has 0 amide bonds. The standard InChI is InChI=1S/C13H17NO3/c1-8(2)11-7-17-13(14-11)10-6-9(16-3)4-5-12(10)15/h4-6,8,11,15H,7H2,1-3H3/t11-/m1/s1. The summed E-state index contributed by atoms with van der Waals surface area (Å²) in [6, 6.07) is 5.18. The van der Waals surface area contributed by atoms with Gasteiger partial charge in [-0.2, -0.15) is 0 Å². The maximum atomic E-state index is 9.80. The van der Waals surface area contributed by atoms with Crippen molar-refractivity contribution in [3.8, 4) is 11.5 Å². The number of ether oxygens (including phenoxy) is 2. The van der Waals surface area contributed by atoms with Gasteiger partial charge in [-0.3, -0.25) is 0 Å². The number of phenolic OH excluding ortho intramolecular Hbond substituents is 1. The minimum absolute atomic E-state index is 0.161. The van der Waals surface area contributed by atoms with Gasteiger partial charge in [0.1, 0.15) is 18.1 Å². The van der Waals surface area contributed by atoms with Crippen molar-refractivity contribution in [3.63, 3.8) is 0 Å². The quantitative estimate of drug-likeness (QED) is 0.873. The van der Waals surface area contributed by atoms with Crippen molar-refractivity contribution >= 4 is 5.90 Å². The molecule has 2 rings (SSSR count). The zero-order chi connectivity index (χ0) is 12.4. The van der Waals surface area contributed by atoms with E-state index in [4.69, 9.17) is 9.47 Å². The normalized spacial score (nSPS) is 19.1. The summed E-state index contributed by atoms with van der Waals surface area (Å²) in [4.78, 5) is 4.47. The molecule has 1 aromatic rings. The van der Waals surface area contributed by atoms with Gasteiger partial charge in [0.2, 0.25) is 5.90 Å². The molecule has 17 heavy (non-hydrogen) atoms. The molecule has 0 radical (unpaired) electrons. The fourth-order valence-corrected chi connectivity index (χ4v) is 1.69. The van der Waals surface area contributed by atoms with Gasteiger partial charge in [0, 0.05) is 0 Å². The van der Waals surface area contributed by atoms with Crippen molar-refractivity contribution in [2.24, 2.45) is 10.9 Å². The third-order valence-electron chi connectivity index (χ3n) is 2.88. The lowest BCUT2D eigenvalue weighted by molar-refractivity contribution is 0.291. The van der Waals surface area contributed by atoms with Crippen molar-refractivity contribution in [2.75, 3.05) is 13.7 Å². The van der Waals surface area contributed by atoms with E-state index in [0.29, 0.717) is 29.7 Å². The lowest BCUT2D eigenvalue weighted by Crippen LogP contribution is -2.13. The molecule has 1 aliphatic rings. The molecule has 0 spiro atoms. The zero-order valence-electron chi connectivity index (χ0n) is 10.3. The van der Waals surface area contributed by atoms with Crippen LogP contribution in [0.2, 0.25) is 0 Å².